The van der Waals surface area contributed by atoms with Crippen LogP contribution in [0, 0.1) is 5.41 Å². The highest BCUT2D eigenvalue weighted by molar-refractivity contribution is 5.81. The summed E-state index contributed by atoms with van der Waals surface area (Å²) in [5.41, 5.74) is -0.260. The zero-order chi connectivity index (χ0) is 9.07. The lowest BCUT2D eigenvalue weighted by molar-refractivity contribution is -0.129. The van der Waals surface area contributed by atoms with E-state index in [1.165, 1.54) is 0 Å². The Balaban J connectivity index is 3.88. The number of amides is 1. The third-order valence-electron chi connectivity index (χ3n) is 1.67. The predicted octanol–water partition coefficient (Wildman–Crippen LogP) is 1.95. The fraction of sp³-hybridized carbons (Fsp3) is 0.889. The number of carbonyl (C=O) groups is 1. The van der Waals surface area contributed by atoms with E-state index in [-0.39, 0.29) is 11.3 Å². The van der Waals surface area contributed by atoms with Crippen molar-refractivity contribution >= 4 is 5.91 Å². The van der Waals surface area contributed by atoms with Gasteiger partial charge in [0.1, 0.15) is 0 Å². The van der Waals surface area contributed by atoms with Crippen molar-refractivity contribution in [1.29, 1.82) is 0 Å². The van der Waals surface area contributed by atoms with Crippen LogP contribution in [-0.2, 0) is 4.79 Å². The van der Waals surface area contributed by atoms with Crippen molar-refractivity contribution in [2.24, 2.45) is 5.41 Å². The summed E-state index contributed by atoms with van der Waals surface area (Å²) in [6.45, 7) is 9.84. The lowest BCUT2D eigenvalue weighted by atomic mass is 9.95. The molecule has 1 unspecified atom stereocenters. The van der Waals surface area contributed by atoms with Crippen LogP contribution in [0.2, 0.25) is 0 Å². The van der Waals surface area contributed by atoms with E-state index >= 15 is 0 Å². The van der Waals surface area contributed by atoms with Crippen molar-refractivity contribution < 1.29 is 4.79 Å². The molecular formula is C9H19NO. The molecule has 0 radical (unpaired) electrons. The van der Waals surface area contributed by atoms with E-state index in [0.717, 1.165) is 6.42 Å². The molecule has 0 aromatic rings. The minimum atomic E-state index is -0.260. The zero-order valence-electron chi connectivity index (χ0n) is 8.19. The van der Waals surface area contributed by atoms with Crippen LogP contribution >= 0.6 is 0 Å². The molecule has 0 bridgehead atoms. The molecule has 66 valence electrons. The summed E-state index contributed by atoms with van der Waals surface area (Å²) in [5, 5.41) is 2.93. The van der Waals surface area contributed by atoms with Crippen LogP contribution < -0.4 is 5.32 Å². The quantitative estimate of drug-likeness (QED) is 0.652. The van der Waals surface area contributed by atoms with Gasteiger partial charge < -0.3 is 5.32 Å². The maximum Gasteiger partial charge on any atom is 0.225 e. The van der Waals surface area contributed by atoms with Gasteiger partial charge in [0.2, 0.25) is 5.91 Å². The van der Waals surface area contributed by atoms with Gasteiger partial charge in [-0.15, -0.1) is 0 Å². The molecule has 0 aliphatic carbocycles. The lowest BCUT2D eigenvalue weighted by Gasteiger charge is -2.20. The molecule has 0 aliphatic rings. The van der Waals surface area contributed by atoms with Gasteiger partial charge in [0.25, 0.3) is 0 Å². The van der Waals surface area contributed by atoms with Gasteiger partial charge in [-0.2, -0.15) is 0 Å². The summed E-state index contributed by atoms with van der Waals surface area (Å²) in [6, 6.07) is 0.293. The highest BCUT2D eigenvalue weighted by Gasteiger charge is 2.21. The number of hydrogen-bond acceptors (Lipinski definition) is 1. The highest BCUT2D eigenvalue weighted by Crippen LogP contribution is 2.12. The third kappa shape index (κ3) is 4.02. The Bertz CT molecular complexity index is 135. The molecule has 0 fully saturated rings. The summed E-state index contributed by atoms with van der Waals surface area (Å²) in [4.78, 5) is 11.3. The van der Waals surface area contributed by atoms with Gasteiger partial charge >= 0.3 is 0 Å². The van der Waals surface area contributed by atoms with E-state index in [1.807, 2.05) is 27.7 Å². The summed E-state index contributed by atoms with van der Waals surface area (Å²) < 4.78 is 0. The second-order valence-electron chi connectivity index (χ2n) is 4.03. The number of carbonyl (C=O) groups excluding carboxylic acids is 1. The molecule has 0 heterocycles. The Labute approximate surface area is 69.4 Å². The topological polar surface area (TPSA) is 29.1 Å². The van der Waals surface area contributed by atoms with Crippen molar-refractivity contribution in [3.63, 3.8) is 0 Å². The largest absolute Gasteiger partial charge is 0.353 e. The first-order valence-electron chi connectivity index (χ1n) is 4.19. The van der Waals surface area contributed by atoms with Crippen molar-refractivity contribution in [3.05, 3.63) is 0 Å². The normalized spacial score (nSPS) is 14.3. The average molecular weight is 157 g/mol. The third-order valence-corrected chi connectivity index (χ3v) is 1.67. The minimum Gasteiger partial charge on any atom is -0.353 e. The molecule has 0 aromatic heterocycles. The van der Waals surface area contributed by atoms with E-state index in [9.17, 15) is 4.79 Å². The Morgan fingerprint density at radius 2 is 1.91 bits per heavy atom. The fourth-order valence-electron chi connectivity index (χ4n) is 0.542. The molecule has 11 heavy (non-hydrogen) atoms. The van der Waals surface area contributed by atoms with Gasteiger partial charge in [-0.3, -0.25) is 4.79 Å². The van der Waals surface area contributed by atoms with Crippen LogP contribution in [0.5, 0.6) is 0 Å². The van der Waals surface area contributed by atoms with Crippen LogP contribution in [-0.4, -0.2) is 11.9 Å². The van der Waals surface area contributed by atoms with Crippen LogP contribution in [0.25, 0.3) is 0 Å². The Morgan fingerprint density at radius 1 is 1.45 bits per heavy atom. The second-order valence-corrected chi connectivity index (χ2v) is 4.03. The van der Waals surface area contributed by atoms with E-state index < -0.39 is 0 Å². The summed E-state index contributed by atoms with van der Waals surface area (Å²) in [7, 11) is 0. The standard InChI is InChI=1S/C9H19NO/c1-6-7(2)10-8(11)9(3,4)5/h7H,6H2,1-5H3,(H,10,11). The SMILES string of the molecule is CCC(C)NC(=O)C(C)(C)C. The first kappa shape index (κ1) is 10.5. The van der Waals surface area contributed by atoms with Crippen LogP contribution in [0.15, 0.2) is 0 Å². The van der Waals surface area contributed by atoms with Crippen molar-refractivity contribution in [1.82, 2.24) is 5.32 Å². The van der Waals surface area contributed by atoms with Gasteiger partial charge in [-0.1, -0.05) is 27.7 Å². The van der Waals surface area contributed by atoms with Crippen LogP contribution in [0.4, 0.5) is 0 Å². The first-order chi connectivity index (χ1) is 4.88. The van der Waals surface area contributed by atoms with E-state index in [1.54, 1.807) is 0 Å². The number of hydrogen-bond donors (Lipinski definition) is 1. The Morgan fingerprint density at radius 3 is 2.18 bits per heavy atom. The maximum absolute atomic E-state index is 11.3. The molecule has 2 heteroatoms. The molecular weight excluding hydrogens is 138 g/mol. The van der Waals surface area contributed by atoms with Crippen LogP contribution in [0.1, 0.15) is 41.0 Å². The van der Waals surface area contributed by atoms with Crippen molar-refractivity contribution in [2.75, 3.05) is 0 Å². The molecule has 0 spiro atoms. The first-order valence-corrected chi connectivity index (χ1v) is 4.19. The Kier molecular flexibility index (Phi) is 3.56. The lowest BCUT2D eigenvalue weighted by Crippen LogP contribution is -2.39. The number of rotatable bonds is 2. The van der Waals surface area contributed by atoms with Gasteiger partial charge in [-0.25, -0.2) is 0 Å². The molecule has 0 aliphatic heterocycles. The summed E-state index contributed by atoms with van der Waals surface area (Å²) in [6.07, 6.45) is 0.988. The molecule has 2 nitrogen and oxygen atoms in total. The van der Waals surface area contributed by atoms with Gasteiger partial charge in [-0.05, 0) is 13.3 Å². The molecule has 0 saturated carbocycles. The van der Waals surface area contributed by atoms with Crippen molar-refractivity contribution in [3.8, 4) is 0 Å². The number of nitrogens with one attached hydrogen (secondary N) is 1. The second kappa shape index (κ2) is 3.74. The molecule has 1 N–H and O–H groups in total. The maximum atomic E-state index is 11.3. The van der Waals surface area contributed by atoms with E-state index in [2.05, 4.69) is 12.2 Å². The summed E-state index contributed by atoms with van der Waals surface area (Å²) in [5.74, 6) is 0.131. The molecule has 0 aromatic carbocycles. The van der Waals surface area contributed by atoms with Crippen molar-refractivity contribution in [2.45, 2.75) is 47.1 Å². The van der Waals surface area contributed by atoms with E-state index in [0.29, 0.717) is 6.04 Å². The average Bonchev–Trinajstić information content (AvgIpc) is 1.85. The molecule has 0 rings (SSSR count). The molecule has 0 saturated heterocycles. The summed E-state index contributed by atoms with van der Waals surface area (Å²) >= 11 is 0. The van der Waals surface area contributed by atoms with E-state index in [4.69, 9.17) is 0 Å². The zero-order valence-corrected chi connectivity index (χ0v) is 8.19. The highest BCUT2D eigenvalue weighted by atomic mass is 16.2. The van der Waals surface area contributed by atoms with Gasteiger partial charge in [0.05, 0.1) is 0 Å². The van der Waals surface area contributed by atoms with Gasteiger partial charge in [0.15, 0.2) is 0 Å². The van der Waals surface area contributed by atoms with Crippen LogP contribution in [0.3, 0.4) is 0 Å². The molecule has 1 atom stereocenters. The predicted molar refractivity (Wildman–Crippen MR) is 47.4 cm³/mol. The minimum absolute atomic E-state index is 0.131. The van der Waals surface area contributed by atoms with Gasteiger partial charge in [0, 0.05) is 11.5 Å². The smallest absolute Gasteiger partial charge is 0.225 e. The fourth-order valence-corrected chi connectivity index (χ4v) is 0.542. The monoisotopic (exact) mass is 157 g/mol. The Hall–Kier alpha value is -0.530. The molecule has 1 amide bonds.